The number of rotatable bonds is 0. The van der Waals surface area contributed by atoms with Gasteiger partial charge in [-0.25, -0.2) is 0 Å². The molecule has 0 aromatic carbocycles. The summed E-state index contributed by atoms with van der Waals surface area (Å²) in [5.74, 6) is 0.157. The van der Waals surface area contributed by atoms with Crippen molar-refractivity contribution in [1.29, 1.82) is 0 Å². The molecule has 1 fully saturated rings. The van der Waals surface area contributed by atoms with Gasteiger partial charge in [-0.05, 0) is 4.08 Å². The summed E-state index contributed by atoms with van der Waals surface area (Å²) in [5, 5.41) is 0. The quantitative estimate of drug-likeness (QED) is 0.585. The second kappa shape index (κ2) is 2.68. The molecule has 0 aromatic heterocycles. The van der Waals surface area contributed by atoms with Crippen LogP contribution in [-0.4, -0.2) is 17.4 Å². The average Bonchev–Trinajstić information content (AvgIpc) is 1.61. The molecule has 0 radical (unpaired) electrons. The summed E-state index contributed by atoms with van der Waals surface area (Å²) >= 11 is 2.16. The van der Waals surface area contributed by atoms with Gasteiger partial charge in [-0.3, -0.25) is 4.79 Å². The minimum absolute atomic E-state index is 0.157. The number of hydrogen-bond acceptors (Lipinski definition) is 1. The van der Waals surface area contributed by atoms with Gasteiger partial charge in [0.15, 0.2) is 0 Å². The molecule has 1 rings (SSSR count). The molecular weight excluding hydrogens is 229 g/mol. The van der Waals surface area contributed by atoms with Crippen LogP contribution in [0.2, 0.25) is 0 Å². The smallest absolute Gasteiger partial charge is 0.223 e. The van der Waals surface area contributed by atoms with Crippen LogP contribution in [0.1, 0.15) is 13.3 Å². The van der Waals surface area contributed by atoms with Crippen molar-refractivity contribution in [3.63, 3.8) is 0 Å². The van der Waals surface area contributed by atoms with Gasteiger partial charge in [0.05, 0.1) is 0 Å². The Balaban J connectivity index is 2.55. The van der Waals surface area contributed by atoms with Gasteiger partial charge < -0.3 is 4.90 Å². The molecule has 0 aromatic rings. The molecule has 1 saturated heterocycles. The number of hydrogen-bond donors (Lipinski definition) is 0. The van der Waals surface area contributed by atoms with E-state index in [1.54, 1.807) is 11.8 Å². The van der Waals surface area contributed by atoms with E-state index in [4.69, 9.17) is 0 Å². The lowest BCUT2D eigenvalue weighted by Gasteiger charge is -2.32. The molecule has 1 amide bonds. The summed E-state index contributed by atoms with van der Waals surface area (Å²) < 4.78 is 1.96. The fraction of sp³-hybridized carbons (Fsp3) is 0.500. The summed E-state index contributed by atoms with van der Waals surface area (Å²) in [4.78, 5) is 12.5. The molecule has 1 heterocycles. The lowest BCUT2D eigenvalue weighted by atomic mass is 10.1. The van der Waals surface area contributed by atoms with Crippen molar-refractivity contribution >= 4 is 28.5 Å². The van der Waals surface area contributed by atoms with Gasteiger partial charge in [0.1, 0.15) is 0 Å². The Kier molecular flexibility index (Phi) is 2.10. The lowest BCUT2D eigenvalue weighted by molar-refractivity contribution is -0.129. The molecular formula is C6H8INO. The largest absolute Gasteiger partial charge is 0.316 e. The van der Waals surface area contributed by atoms with Crippen molar-refractivity contribution in [3.8, 4) is 0 Å². The highest BCUT2D eigenvalue weighted by atomic mass is 127. The Morgan fingerprint density at radius 1 is 1.89 bits per heavy atom. The molecule has 0 saturated carbocycles. The summed E-state index contributed by atoms with van der Waals surface area (Å²) in [7, 11) is 0. The van der Waals surface area contributed by atoms with E-state index in [-0.39, 0.29) is 5.91 Å². The van der Waals surface area contributed by atoms with E-state index in [2.05, 4.69) is 22.6 Å². The van der Waals surface area contributed by atoms with Crippen LogP contribution < -0.4 is 0 Å². The second-order valence-corrected chi connectivity index (χ2v) is 2.64. The fourth-order valence-corrected chi connectivity index (χ4v) is 1.47. The highest BCUT2D eigenvalue weighted by Gasteiger charge is 2.22. The summed E-state index contributed by atoms with van der Waals surface area (Å²) in [6, 6.07) is 0. The number of likely N-dealkylation sites (tertiary alicyclic amines) is 1. The molecule has 3 heteroatoms. The Labute approximate surface area is 68.1 Å². The van der Waals surface area contributed by atoms with E-state index in [1.807, 2.05) is 4.08 Å². The van der Waals surface area contributed by atoms with Crippen molar-refractivity contribution in [2.75, 3.05) is 6.54 Å². The second-order valence-electron chi connectivity index (χ2n) is 2.02. The molecule has 1 aliphatic rings. The van der Waals surface area contributed by atoms with E-state index in [0.29, 0.717) is 0 Å². The molecule has 0 spiro atoms. The van der Waals surface area contributed by atoms with Crippen molar-refractivity contribution in [3.05, 3.63) is 9.78 Å². The maximum absolute atomic E-state index is 10.7. The normalized spacial score (nSPS) is 22.0. The first-order valence-electron chi connectivity index (χ1n) is 2.83. The van der Waals surface area contributed by atoms with E-state index >= 15 is 0 Å². The standard InChI is InChI=1S/C6H8INO/c1-5(9)8-3-2-6(8)4-7/h4H,2-3H2,1H3/b6-4+. The first-order valence-corrected chi connectivity index (χ1v) is 4.07. The van der Waals surface area contributed by atoms with Crippen LogP contribution in [0.25, 0.3) is 0 Å². The van der Waals surface area contributed by atoms with Crippen LogP contribution in [-0.2, 0) is 4.79 Å². The molecule has 0 aliphatic carbocycles. The predicted octanol–water partition coefficient (Wildman–Crippen LogP) is 1.52. The summed E-state index contributed by atoms with van der Waals surface area (Å²) in [6.45, 7) is 2.50. The Morgan fingerprint density at radius 3 is 2.67 bits per heavy atom. The predicted molar refractivity (Wildman–Crippen MR) is 44.1 cm³/mol. The van der Waals surface area contributed by atoms with E-state index in [1.165, 1.54) is 0 Å². The van der Waals surface area contributed by atoms with Gasteiger partial charge in [-0.2, -0.15) is 0 Å². The van der Waals surface area contributed by atoms with Crippen molar-refractivity contribution < 1.29 is 4.79 Å². The molecule has 2 nitrogen and oxygen atoms in total. The van der Waals surface area contributed by atoms with Gasteiger partial charge >= 0.3 is 0 Å². The molecule has 50 valence electrons. The van der Waals surface area contributed by atoms with Crippen molar-refractivity contribution in [2.45, 2.75) is 13.3 Å². The average molecular weight is 237 g/mol. The van der Waals surface area contributed by atoms with Crippen molar-refractivity contribution in [2.24, 2.45) is 0 Å². The molecule has 0 unspecified atom stereocenters. The SMILES string of the molecule is CC(=O)N1CC/C1=C\I. The maximum atomic E-state index is 10.7. The van der Waals surface area contributed by atoms with Crippen LogP contribution in [0.15, 0.2) is 9.78 Å². The minimum atomic E-state index is 0.157. The van der Waals surface area contributed by atoms with Gasteiger partial charge in [0.25, 0.3) is 0 Å². The van der Waals surface area contributed by atoms with Gasteiger partial charge in [0, 0.05) is 25.6 Å². The molecule has 1 aliphatic heterocycles. The first-order chi connectivity index (χ1) is 4.25. The molecule has 0 bridgehead atoms. The van der Waals surface area contributed by atoms with Crippen molar-refractivity contribution in [1.82, 2.24) is 4.90 Å². The zero-order valence-corrected chi connectivity index (χ0v) is 7.38. The lowest BCUT2D eigenvalue weighted by Crippen LogP contribution is -2.38. The summed E-state index contributed by atoms with van der Waals surface area (Å²) in [6.07, 6.45) is 1.06. The number of carbonyl (C=O) groups excluding carboxylic acids is 1. The molecule has 0 N–H and O–H groups in total. The van der Waals surface area contributed by atoms with Gasteiger partial charge in [-0.15, -0.1) is 0 Å². The number of carbonyl (C=O) groups is 1. The van der Waals surface area contributed by atoms with Crippen LogP contribution in [0.4, 0.5) is 0 Å². The third-order valence-corrected chi connectivity index (χ3v) is 2.16. The number of halogens is 1. The van der Waals surface area contributed by atoms with Crippen LogP contribution >= 0.6 is 22.6 Å². The third-order valence-electron chi connectivity index (χ3n) is 1.44. The molecule has 0 atom stereocenters. The Bertz CT molecular complexity index is 164. The third kappa shape index (κ3) is 1.26. The van der Waals surface area contributed by atoms with Crippen LogP contribution in [0.5, 0.6) is 0 Å². The number of nitrogens with zero attached hydrogens (tertiary/aromatic N) is 1. The topological polar surface area (TPSA) is 20.3 Å². The fourth-order valence-electron chi connectivity index (χ4n) is 0.826. The zero-order valence-electron chi connectivity index (χ0n) is 5.22. The highest BCUT2D eigenvalue weighted by molar-refractivity contribution is 14.1. The molecule has 9 heavy (non-hydrogen) atoms. The zero-order chi connectivity index (χ0) is 6.85. The van der Waals surface area contributed by atoms with Crippen LogP contribution in [0, 0.1) is 0 Å². The van der Waals surface area contributed by atoms with E-state index in [0.717, 1.165) is 18.7 Å². The monoisotopic (exact) mass is 237 g/mol. The van der Waals surface area contributed by atoms with E-state index < -0.39 is 0 Å². The Hall–Kier alpha value is -0.0600. The Morgan fingerprint density at radius 2 is 2.56 bits per heavy atom. The van der Waals surface area contributed by atoms with E-state index in [9.17, 15) is 4.79 Å². The van der Waals surface area contributed by atoms with Gasteiger partial charge in [-0.1, -0.05) is 22.6 Å². The number of amides is 1. The minimum Gasteiger partial charge on any atom is -0.316 e. The van der Waals surface area contributed by atoms with Crippen LogP contribution in [0.3, 0.4) is 0 Å². The summed E-state index contributed by atoms with van der Waals surface area (Å²) in [5.41, 5.74) is 1.16. The maximum Gasteiger partial charge on any atom is 0.223 e. The highest BCUT2D eigenvalue weighted by Crippen LogP contribution is 2.22. The first kappa shape index (κ1) is 7.05. The van der Waals surface area contributed by atoms with Gasteiger partial charge in [0.2, 0.25) is 5.91 Å².